The first-order valence-corrected chi connectivity index (χ1v) is 6.02. The second-order valence-electron chi connectivity index (χ2n) is 4.86. The molecule has 0 spiro atoms. The summed E-state index contributed by atoms with van der Waals surface area (Å²) in [7, 11) is 0. The fourth-order valence-corrected chi connectivity index (χ4v) is 2.96. The third-order valence-corrected chi connectivity index (χ3v) is 3.45. The van der Waals surface area contributed by atoms with Gasteiger partial charge in [-0.3, -0.25) is 4.79 Å². The number of hydrogen-bond donors (Lipinski definition) is 1. The van der Waals surface area contributed by atoms with Crippen molar-refractivity contribution in [3.63, 3.8) is 0 Å². The Labute approximate surface area is 92.5 Å². The van der Waals surface area contributed by atoms with Gasteiger partial charge in [0.1, 0.15) is 0 Å². The van der Waals surface area contributed by atoms with E-state index in [1.807, 2.05) is 0 Å². The third kappa shape index (κ3) is 3.20. The maximum atomic E-state index is 10.8. The minimum Gasteiger partial charge on any atom is -0.481 e. The average Bonchev–Trinajstić information content (AvgIpc) is 2.15. The van der Waals surface area contributed by atoms with E-state index in [-0.39, 0.29) is 0 Å². The summed E-state index contributed by atoms with van der Waals surface area (Å²) < 4.78 is 0. The quantitative estimate of drug-likeness (QED) is 0.778. The zero-order valence-electron chi connectivity index (χ0n) is 10.1. The summed E-state index contributed by atoms with van der Waals surface area (Å²) in [6.07, 6.45) is 2.56. The van der Waals surface area contributed by atoms with Crippen LogP contribution in [0.5, 0.6) is 0 Å². The maximum absolute atomic E-state index is 10.8. The minimum absolute atomic E-state index is 0.333. The van der Waals surface area contributed by atoms with Crippen molar-refractivity contribution >= 4 is 5.97 Å². The first-order valence-electron chi connectivity index (χ1n) is 6.02. The van der Waals surface area contributed by atoms with Crippen molar-refractivity contribution < 1.29 is 9.90 Å². The number of rotatable bonds is 4. The lowest BCUT2D eigenvalue weighted by molar-refractivity contribution is -0.139. The molecule has 0 aromatic rings. The molecule has 1 N–H and O–H groups in total. The highest BCUT2D eigenvalue weighted by atomic mass is 16.4. The Morgan fingerprint density at radius 2 is 2.20 bits per heavy atom. The molecule has 1 aliphatic heterocycles. The van der Waals surface area contributed by atoms with Gasteiger partial charge < -0.3 is 10.0 Å². The molecule has 3 heteroatoms. The summed E-state index contributed by atoms with van der Waals surface area (Å²) in [5.41, 5.74) is 0. The maximum Gasteiger partial charge on any atom is 0.303 e. The summed E-state index contributed by atoms with van der Waals surface area (Å²) in [6, 6.07) is 0.458. The van der Waals surface area contributed by atoms with Crippen LogP contribution < -0.4 is 0 Å². The lowest BCUT2D eigenvalue weighted by Crippen LogP contribution is -2.48. The standard InChI is InChI=1S/C12H23NO2/c1-4-13-7-5-6-10(8-11(14)15)12(13)9(2)3/h9-10,12H,4-8H2,1-3H3,(H,14,15)/t10-,12-/m1/s1. The molecule has 0 aromatic heterocycles. The molecule has 1 heterocycles. The Morgan fingerprint density at radius 1 is 1.53 bits per heavy atom. The van der Waals surface area contributed by atoms with Crippen LogP contribution in [0, 0.1) is 11.8 Å². The zero-order valence-corrected chi connectivity index (χ0v) is 10.1. The highest BCUT2D eigenvalue weighted by Crippen LogP contribution is 2.30. The highest BCUT2D eigenvalue weighted by molar-refractivity contribution is 5.67. The molecule has 0 amide bonds. The fourth-order valence-electron chi connectivity index (χ4n) is 2.96. The highest BCUT2D eigenvalue weighted by Gasteiger charge is 2.33. The van der Waals surface area contributed by atoms with Crippen LogP contribution >= 0.6 is 0 Å². The summed E-state index contributed by atoms with van der Waals surface area (Å²) >= 11 is 0. The van der Waals surface area contributed by atoms with Gasteiger partial charge in [0, 0.05) is 12.5 Å². The van der Waals surface area contributed by atoms with Crippen molar-refractivity contribution in [3.05, 3.63) is 0 Å². The number of nitrogens with zero attached hydrogens (tertiary/aromatic N) is 1. The van der Waals surface area contributed by atoms with E-state index in [9.17, 15) is 4.79 Å². The predicted molar refractivity (Wildman–Crippen MR) is 60.8 cm³/mol. The van der Waals surface area contributed by atoms with Gasteiger partial charge in [-0.2, -0.15) is 0 Å². The predicted octanol–water partition coefficient (Wildman–Crippen LogP) is 2.22. The first-order chi connectivity index (χ1) is 7.06. The molecule has 0 saturated carbocycles. The van der Waals surface area contributed by atoms with Gasteiger partial charge in [0.15, 0.2) is 0 Å². The van der Waals surface area contributed by atoms with Crippen LogP contribution in [0.2, 0.25) is 0 Å². The van der Waals surface area contributed by atoms with Crippen molar-refractivity contribution in [1.29, 1.82) is 0 Å². The summed E-state index contributed by atoms with van der Waals surface area (Å²) in [4.78, 5) is 13.3. The van der Waals surface area contributed by atoms with E-state index < -0.39 is 5.97 Å². The summed E-state index contributed by atoms with van der Waals surface area (Å²) in [5.74, 6) is 0.245. The number of piperidine rings is 1. The van der Waals surface area contributed by atoms with Crippen LogP contribution in [0.15, 0.2) is 0 Å². The van der Waals surface area contributed by atoms with E-state index in [0.29, 0.717) is 24.3 Å². The molecule has 88 valence electrons. The van der Waals surface area contributed by atoms with Gasteiger partial charge in [-0.05, 0) is 37.8 Å². The molecule has 0 unspecified atom stereocenters. The topological polar surface area (TPSA) is 40.5 Å². The first kappa shape index (κ1) is 12.5. The van der Waals surface area contributed by atoms with Gasteiger partial charge in [-0.15, -0.1) is 0 Å². The summed E-state index contributed by atoms with van der Waals surface area (Å²) in [6.45, 7) is 8.74. The number of aliphatic carboxylic acids is 1. The van der Waals surface area contributed by atoms with Crippen molar-refractivity contribution in [2.75, 3.05) is 13.1 Å². The lowest BCUT2D eigenvalue weighted by Gasteiger charge is -2.43. The Bertz CT molecular complexity index is 216. The number of hydrogen-bond acceptors (Lipinski definition) is 2. The molecule has 0 radical (unpaired) electrons. The van der Waals surface area contributed by atoms with E-state index in [1.165, 1.54) is 0 Å². The van der Waals surface area contributed by atoms with Crippen LogP contribution in [-0.4, -0.2) is 35.1 Å². The van der Waals surface area contributed by atoms with Crippen molar-refractivity contribution in [2.45, 2.75) is 46.1 Å². The van der Waals surface area contributed by atoms with Gasteiger partial charge in [0.25, 0.3) is 0 Å². The molecule has 1 aliphatic rings. The van der Waals surface area contributed by atoms with Gasteiger partial charge in [0.2, 0.25) is 0 Å². The van der Waals surface area contributed by atoms with Crippen LogP contribution in [0.25, 0.3) is 0 Å². The molecule has 1 saturated heterocycles. The van der Waals surface area contributed by atoms with Crippen molar-refractivity contribution in [2.24, 2.45) is 11.8 Å². The molecule has 3 nitrogen and oxygen atoms in total. The fraction of sp³-hybridized carbons (Fsp3) is 0.917. The molecule has 0 bridgehead atoms. The Hall–Kier alpha value is -0.570. The molecular formula is C12H23NO2. The van der Waals surface area contributed by atoms with Crippen LogP contribution in [0.1, 0.15) is 40.0 Å². The van der Waals surface area contributed by atoms with Gasteiger partial charge >= 0.3 is 5.97 Å². The number of likely N-dealkylation sites (tertiary alicyclic amines) is 1. The summed E-state index contributed by atoms with van der Waals surface area (Å²) in [5, 5.41) is 8.91. The van der Waals surface area contributed by atoms with E-state index in [1.54, 1.807) is 0 Å². The van der Waals surface area contributed by atoms with Crippen molar-refractivity contribution in [1.82, 2.24) is 4.90 Å². The largest absolute Gasteiger partial charge is 0.481 e. The zero-order chi connectivity index (χ0) is 11.4. The third-order valence-electron chi connectivity index (χ3n) is 3.45. The Morgan fingerprint density at radius 3 is 2.67 bits per heavy atom. The lowest BCUT2D eigenvalue weighted by atomic mass is 9.81. The van der Waals surface area contributed by atoms with E-state index in [2.05, 4.69) is 25.7 Å². The van der Waals surface area contributed by atoms with Crippen molar-refractivity contribution in [3.8, 4) is 0 Å². The van der Waals surface area contributed by atoms with Crippen LogP contribution in [-0.2, 0) is 4.79 Å². The van der Waals surface area contributed by atoms with E-state index in [4.69, 9.17) is 5.11 Å². The molecule has 1 rings (SSSR count). The minimum atomic E-state index is -0.649. The average molecular weight is 213 g/mol. The normalized spacial score (nSPS) is 28.3. The van der Waals surface area contributed by atoms with Gasteiger partial charge in [-0.1, -0.05) is 20.8 Å². The molecule has 0 aromatic carbocycles. The number of carbonyl (C=O) groups is 1. The van der Waals surface area contributed by atoms with E-state index in [0.717, 1.165) is 25.9 Å². The number of carboxylic acid groups (broad SMARTS) is 1. The van der Waals surface area contributed by atoms with Crippen LogP contribution in [0.3, 0.4) is 0 Å². The second-order valence-corrected chi connectivity index (χ2v) is 4.86. The Balaban J connectivity index is 2.69. The Kier molecular flexibility index (Phi) is 4.58. The second kappa shape index (κ2) is 5.50. The van der Waals surface area contributed by atoms with E-state index >= 15 is 0 Å². The molecular weight excluding hydrogens is 190 g/mol. The smallest absolute Gasteiger partial charge is 0.303 e. The monoisotopic (exact) mass is 213 g/mol. The van der Waals surface area contributed by atoms with Gasteiger partial charge in [-0.25, -0.2) is 0 Å². The number of carboxylic acids is 1. The van der Waals surface area contributed by atoms with Gasteiger partial charge in [0.05, 0.1) is 0 Å². The molecule has 1 fully saturated rings. The SMILES string of the molecule is CCN1CCC[C@H](CC(=O)O)[C@H]1C(C)C. The van der Waals surface area contributed by atoms with Crippen LogP contribution in [0.4, 0.5) is 0 Å². The molecule has 15 heavy (non-hydrogen) atoms. The molecule has 0 aliphatic carbocycles. The molecule has 2 atom stereocenters.